The first kappa shape index (κ1) is 14.5. The van der Waals surface area contributed by atoms with Gasteiger partial charge in [0.05, 0.1) is 27.0 Å². The number of aromatic nitrogens is 2. The molecule has 0 saturated carbocycles. The number of benzene rings is 1. The van der Waals surface area contributed by atoms with Crippen molar-refractivity contribution >= 4 is 32.4 Å². The Kier molecular flexibility index (Phi) is 4.58. The molecule has 0 unspecified atom stereocenters. The van der Waals surface area contributed by atoms with Crippen LogP contribution in [-0.4, -0.2) is 24.0 Å². The quantitative estimate of drug-likeness (QED) is 0.783. The molecule has 2 N–H and O–H groups in total. The zero-order valence-corrected chi connectivity index (χ0v) is 13.1. The first-order valence-corrected chi connectivity index (χ1v) is 8.44. The summed E-state index contributed by atoms with van der Waals surface area (Å²) in [6.07, 6.45) is 3.51. The number of aryl methyl sites for hydroxylation is 1. The molecule has 2 rings (SSSR count). The maximum absolute atomic E-state index is 12.1. The molecule has 0 aliphatic rings. The highest BCUT2D eigenvalue weighted by Gasteiger charge is 2.14. The van der Waals surface area contributed by atoms with Crippen LogP contribution in [0.1, 0.15) is 5.56 Å². The number of hydrogen-bond acceptors (Lipinski definition) is 4. The summed E-state index contributed by atoms with van der Waals surface area (Å²) in [7, 11) is -3.28. The molecular formula is C12H14IN3O2S. The number of nitrogens with zero attached hydrogens (tertiary/aromatic N) is 2. The van der Waals surface area contributed by atoms with E-state index in [-0.39, 0.29) is 5.75 Å². The average Bonchev–Trinajstić information content (AvgIpc) is 2.82. The van der Waals surface area contributed by atoms with E-state index in [0.717, 1.165) is 9.13 Å². The van der Waals surface area contributed by atoms with Gasteiger partial charge >= 0.3 is 0 Å². The van der Waals surface area contributed by atoms with Gasteiger partial charge in [0.15, 0.2) is 9.84 Å². The molecule has 1 heterocycles. The van der Waals surface area contributed by atoms with E-state index in [1.165, 1.54) is 0 Å². The Hall–Kier alpha value is -0.930. The Morgan fingerprint density at radius 2 is 1.95 bits per heavy atom. The molecule has 1 aromatic carbocycles. The molecule has 0 atom stereocenters. The van der Waals surface area contributed by atoms with Crippen LogP contribution in [0.3, 0.4) is 0 Å². The standard InChI is InChI=1S/C12H14IN3O2S/c13-11-8-15-16(9-11)5-6-19(17,18)12-3-1-10(7-14)2-4-12/h1-4,8-9H,5-7,14H2. The van der Waals surface area contributed by atoms with Gasteiger partial charge in [-0.05, 0) is 40.3 Å². The minimum absolute atomic E-state index is 0.0345. The molecule has 0 saturated heterocycles. The van der Waals surface area contributed by atoms with Crippen LogP contribution in [0.5, 0.6) is 0 Å². The third-order valence-electron chi connectivity index (χ3n) is 2.71. The van der Waals surface area contributed by atoms with Crippen molar-refractivity contribution in [2.45, 2.75) is 18.0 Å². The lowest BCUT2D eigenvalue weighted by atomic mass is 10.2. The predicted octanol–water partition coefficient (Wildman–Crippen LogP) is 1.42. The molecule has 19 heavy (non-hydrogen) atoms. The van der Waals surface area contributed by atoms with Crippen LogP contribution in [-0.2, 0) is 22.9 Å². The van der Waals surface area contributed by atoms with Gasteiger partial charge in [0.1, 0.15) is 0 Å². The molecular weight excluding hydrogens is 377 g/mol. The third-order valence-corrected chi connectivity index (χ3v) is 4.98. The first-order chi connectivity index (χ1) is 9.01. The van der Waals surface area contributed by atoms with Crippen LogP contribution in [0.25, 0.3) is 0 Å². The molecule has 1 aromatic heterocycles. The summed E-state index contributed by atoms with van der Waals surface area (Å²) >= 11 is 2.14. The lowest BCUT2D eigenvalue weighted by Gasteiger charge is -2.05. The summed E-state index contributed by atoms with van der Waals surface area (Å²) in [5.41, 5.74) is 6.40. The fourth-order valence-electron chi connectivity index (χ4n) is 1.63. The Morgan fingerprint density at radius 1 is 1.26 bits per heavy atom. The summed E-state index contributed by atoms with van der Waals surface area (Å²) in [5, 5.41) is 4.07. The summed E-state index contributed by atoms with van der Waals surface area (Å²) in [6.45, 7) is 0.760. The van der Waals surface area contributed by atoms with Crippen molar-refractivity contribution in [1.29, 1.82) is 0 Å². The van der Waals surface area contributed by atoms with Crippen molar-refractivity contribution in [2.75, 3.05) is 5.75 Å². The number of halogens is 1. The van der Waals surface area contributed by atoms with Crippen LogP contribution < -0.4 is 5.73 Å². The number of rotatable bonds is 5. The molecule has 0 radical (unpaired) electrons. The lowest BCUT2D eigenvalue weighted by Crippen LogP contribution is -2.13. The van der Waals surface area contributed by atoms with Gasteiger partial charge in [-0.2, -0.15) is 5.10 Å². The van der Waals surface area contributed by atoms with Gasteiger partial charge in [0.2, 0.25) is 0 Å². The summed E-state index contributed by atoms with van der Waals surface area (Å²) < 4.78 is 26.9. The van der Waals surface area contributed by atoms with Crippen LogP contribution in [0.2, 0.25) is 0 Å². The number of nitrogens with two attached hydrogens (primary N) is 1. The predicted molar refractivity (Wildman–Crippen MR) is 81.3 cm³/mol. The highest BCUT2D eigenvalue weighted by atomic mass is 127. The van der Waals surface area contributed by atoms with Crippen molar-refractivity contribution in [3.63, 3.8) is 0 Å². The van der Waals surface area contributed by atoms with Gasteiger partial charge < -0.3 is 5.73 Å². The van der Waals surface area contributed by atoms with E-state index in [1.807, 2.05) is 6.20 Å². The third kappa shape index (κ3) is 3.77. The van der Waals surface area contributed by atoms with E-state index in [9.17, 15) is 8.42 Å². The van der Waals surface area contributed by atoms with Crippen LogP contribution >= 0.6 is 22.6 Å². The second-order valence-corrected chi connectivity index (χ2v) is 7.44. The monoisotopic (exact) mass is 391 g/mol. The lowest BCUT2D eigenvalue weighted by molar-refractivity contribution is 0.580. The fraction of sp³-hybridized carbons (Fsp3) is 0.250. The second kappa shape index (κ2) is 6.02. The van der Waals surface area contributed by atoms with Gasteiger partial charge in [-0.1, -0.05) is 12.1 Å². The molecule has 0 aliphatic heterocycles. The maximum atomic E-state index is 12.1. The highest BCUT2D eigenvalue weighted by molar-refractivity contribution is 14.1. The van der Waals surface area contributed by atoms with Crippen molar-refractivity contribution in [1.82, 2.24) is 9.78 Å². The largest absolute Gasteiger partial charge is 0.326 e. The minimum Gasteiger partial charge on any atom is -0.326 e. The van der Waals surface area contributed by atoms with E-state index in [1.54, 1.807) is 35.1 Å². The fourth-order valence-corrected chi connectivity index (χ4v) is 3.29. The smallest absolute Gasteiger partial charge is 0.180 e. The minimum atomic E-state index is -3.28. The Morgan fingerprint density at radius 3 is 2.47 bits per heavy atom. The van der Waals surface area contributed by atoms with E-state index < -0.39 is 9.84 Å². The van der Waals surface area contributed by atoms with Gasteiger partial charge in [0, 0.05) is 12.7 Å². The zero-order valence-electron chi connectivity index (χ0n) is 10.2. The first-order valence-electron chi connectivity index (χ1n) is 5.71. The summed E-state index contributed by atoms with van der Waals surface area (Å²) in [6, 6.07) is 6.68. The second-order valence-electron chi connectivity index (χ2n) is 4.09. The Labute approximate surface area is 125 Å². The van der Waals surface area contributed by atoms with Crippen molar-refractivity contribution in [3.8, 4) is 0 Å². The molecule has 7 heteroatoms. The van der Waals surface area contributed by atoms with Crippen molar-refractivity contribution in [2.24, 2.45) is 5.73 Å². The molecule has 102 valence electrons. The number of hydrogen-bond donors (Lipinski definition) is 1. The molecule has 0 amide bonds. The zero-order chi connectivity index (χ0) is 13.9. The molecule has 0 aliphatic carbocycles. The van der Waals surface area contributed by atoms with Crippen LogP contribution in [0, 0.1) is 3.57 Å². The van der Waals surface area contributed by atoms with Crippen LogP contribution in [0.15, 0.2) is 41.6 Å². The normalized spacial score (nSPS) is 11.7. The Bertz CT molecular complexity index is 650. The Balaban J connectivity index is 2.09. The molecule has 0 spiro atoms. The molecule has 5 nitrogen and oxygen atoms in total. The van der Waals surface area contributed by atoms with E-state index in [2.05, 4.69) is 27.7 Å². The molecule has 2 aromatic rings. The summed E-state index contributed by atoms with van der Waals surface area (Å²) in [5.74, 6) is 0.0345. The average molecular weight is 391 g/mol. The van der Waals surface area contributed by atoms with Gasteiger partial charge in [0.25, 0.3) is 0 Å². The topological polar surface area (TPSA) is 78.0 Å². The van der Waals surface area contributed by atoms with Gasteiger partial charge in [-0.15, -0.1) is 0 Å². The molecule has 0 fully saturated rings. The van der Waals surface area contributed by atoms with Crippen molar-refractivity contribution in [3.05, 3.63) is 45.8 Å². The van der Waals surface area contributed by atoms with Gasteiger partial charge in [-0.3, -0.25) is 4.68 Å². The van der Waals surface area contributed by atoms with E-state index >= 15 is 0 Å². The van der Waals surface area contributed by atoms with E-state index in [4.69, 9.17) is 5.73 Å². The van der Waals surface area contributed by atoms with Crippen LogP contribution in [0.4, 0.5) is 0 Å². The summed E-state index contributed by atoms with van der Waals surface area (Å²) in [4.78, 5) is 0.326. The SMILES string of the molecule is NCc1ccc(S(=O)(=O)CCn2cc(I)cn2)cc1. The van der Waals surface area contributed by atoms with E-state index in [0.29, 0.717) is 18.0 Å². The number of sulfone groups is 1. The maximum Gasteiger partial charge on any atom is 0.180 e. The highest BCUT2D eigenvalue weighted by Crippen LogP contribution is 2.13. The van der Waals surface area contributed by atoms with Gasteiger partial charge in [-0.25, -0.2) is 8.42 Å². The van der Waals surface area contributed by atoms with Crippen molar-refractivity contribution < 1.29 is 8.42 Å². The molecule has 0 bridgehead atoms.